The molecule has 1 aromatic rings. The van der Waals surface area contributed by atoms with Crippen molar-refractivity contribution in [3.05, 3.63) is 23.8 Å². The SMILES string of the molecule is CCCOc1ccc(C(=O)N(C)C2CCNCC2)cc1OCCC.Cl. The third kappa shape index (κ3) is 6.08. The van der Waals surface area contributed by atoms with E-state index in [4.69, 9.17) is 9.47 Å². The molecule has 0 bridgehead atoms. The smallest absolute Gasteiger partial charge is 0.253 e. The van der Waals surface area contributed by atoms with Crippen LogP contribution in [0, 0.1) is 0 Å². The Hall–Kier alpha value is -1.46. The fourth-order valence-electron chi connectivity index (χ4n) is 2.86. The molecule has 1 aromatic carbocycles. The molecule has 1 aliphatic heterocycles. The molecular weight excluding hydrogens is 340 g/mol. The Morgan fingerprint density at radius 3 is 2.32 bits per heavy atom. The first kappa shape index (κ1) is 21.6. The molecule has 0 unspecified atom stereocenters. The van der Waals surface area contributed by atoms with Crippen LogP contribution in [-0.2, 0) is 0 Å². The lowest BCUT2D eigenvalue weighted by atomic mass is 10.0. The minimum Gasteiger partial charge on any atom is -0.490 e. The summed E-state index contributed by atoms with van der Waals surface area (Å²) in [5, 5.41) is 3.33. The van der Waals surface area contributed by atoms with Crippen LogP contribution in [0.1, 0.15) is 49.9 Å². The largest absolute Gasteiger partial charge is 0.490 e. The molecule has 5 nitrogen and oxygen atoms in total. The maximum absolute atomic E-state index is 12.8. The first-order valence-electron chi connectivity index (χ1n) is 9.04. The Morgan fingerprint density at radius 1 is 1.12 bits per heavy atom. The van der Waals surface area contributed by atoms with Crippen LogP contribution in [0.5, 0.6) is 11.5 Å². The number of hydrogen-bond donors (Lipinski definition) is 1. The highest BCUT2D eigenvalue weighted by molar-refractivity contribution is 5.95. The fourth-order valence-corrected chi connectivity index (χ4v) is 2.86. The molecule has 2 rings (SSSR count). The van der Waals surface area contributed by atoms with Gasteiger partial charge in [0.05, 0.1) is 13.2 Å². The normalized spacial score (nSPS) is 14.5. The minimum atomic E-state index is 0. The highest BCUT2D eigenvalue weighted by Crippen LogP contribution is 2.29. The average molecular weight is 371 g/mol. The summed E-state index contributed by atoms with van der Waals surface area (Å²) in [7, 11) is 1.90. The molecule has 0 saturated carbocycles. The van der Waals surface area contributed by atoms with Crippen molar-refractivity contribution in [1.82, 2.24) is 10.2 Å². The van der Waals surface area contributed by atoms with Crippen molar-refractivity contribution in [3.8, 4) is 11.5 Å². The molecule has 142 valence electrons. The van der Waals surface area contributed by atoms with Crippen molar-refractivity contribution in [2.24, 2.45) is 0 Å². The number of carbonyl (C=O) groups excluding carboxylic acids is 1. The van der Waals surface area contributed by atoms with E-state index in [0.717, 1.165) is 38.8 Å². The van der Waals surface area contributed by atoms with Gasteiger partial charge in [-0.3, -0.25) is 4.79 Å². The third-order valence-electron chi connectivity index (χ3n) is 4.29. The third-order valence-corrected chi connectivity index (χ3v) is 4.29. The Labute approximate surface area is 157 Å². The van der Waals surface area contributed by atoms with Crippen LogP contribution in [-0.4, -0.2) is 50.2 Å². The number of ether oxygens (including phenoxy) is 2. The number of rotatable bonds is 8. The van der Waals surface area contributed by atoms with Crippen LogP contribution in [0.2, 0.25) is 0 Å². The van der Waals surface area contributed by atoms with Gasteiger partial charge in [-0.25, -0.2) is 0 Å². The van der Waals surface area contributed by atoms with Crippen LogP contribution < -0.4 is 14.8 Å². The summed E-state index contributed by atoms with van der Waals surface area (Å²) < 4.78 is 11.5. The number of halogens is 1. The number of hydrogen-bond acceptors (Lipinski definition) is 4. The summed E-state index contributed by atoms with van der Waals surface area (Å²) in [6.45, 7) is 7.33. The topological polar surface area (TPSA) is 50.8 Å². The van der Waals surface area contributed by atoms with Gasteiger partial charge >= 0.3 is 0 Å². The standard InChI is InChI=1S/C19H30N2O3.ClH/c1-4-12-23-17-7-6-15(14-18(17)24-13-5-2)19(22)21(3)16-8-10-20-11-9-16;/h6-7,14,16,20H,4-5,8-13H2,1-3H3;1H. The molecule has 0 spiro atoms. The van der Waals surface area contributed by atoms with Crippen LogP contribution in [0.25, 0.3) is 0 Å². The van der Waals surface area contributed by atoms with E-state index < -0.39 is 0 Å². The van der Waals surface area contributed by atoms with Gasteiger partial charge in [0.15, 0.2) is 11.5 Å². The van der Waals surface area contributed by atoms with E-state index in [1.165, 1.54) is 0 Å². The molecule has 0 aromatic heterocycles. The molecule has 1 N–H and O–H groups in total. The van der Waals surface area contributed by atoms with Gasteiger partial charge in [-0.05, 0) is 57.0 Å². The summed E-state index contributed by atoms with van der Waals surface area (Å²) in [5.41, 5.74) is 0.658. The summed E-state index contributed by atoms with van der Waals surface area (Å²) in [4.78, 5) is 14.7. The second kappa shape index (κ2) is 11.2. The lowest BCUT2D eigenvalue weighted by molar-refractivity contribution is 0.0702. The van der Waals surface area contributed by atoms with Gasteiger partial charge in [-0.2, -0.15) is 0 Å². The number of piperidine rings is 1. The maximum atomic E-state index is 12.8. The van der Waals surface area contributed by atoms with E-state index in [0.29, 0.717) is 36.3 Å². The average Bonchev–Trinajstić information content (AvgIpc) is 2.64. The predicted molar refractivity (Wildman–Crippen MR) is 103 cm³/mol. The number of benzene rings is 1. The van der Waals surface area contributed by atoms with E-state index in [1.54, 1.807) is 0 Å². The molecule has 6 heteroatoms. The van der Waals surface area contributed by atoms with Crippen molar-refractivity contribution < 1.29 is 14.3 Å². The highest BCUT2D eigenvalue weighted by Gasteiger charge is 2.23. The molecule has 1 amide bonds. The zero-order valence-electron chi connectivity index (χ0n) is 15.5. The van der Waals surface area contributed by atoms with E-state index in [-0.39, 0.29) is 18.3 Å². The molecule has 1 aliphatic rings. The maximum Gasteiger partial charge on any atom is 0.253 e. The Kier molecular flexibility index (Phi) is 9.68. The van der Waals surface area contributed by atoms with Gasteiger partial charge < -0.3 is 19.7 Å². The number of carbonyl (C=O) groups is 1. The van der Waals surface area contributed by atoms with E-state index in [2.05, 4.69) is 19.2 Å². The van der Waals surface area contributed by atoms with Gasteiger partial charge in [0, 0.05) is 18.7 Å². The van der Waals surface area contributed by atoms with Crippen LogP contribution in [0.4, 0.5) is 0 Å². The monoisotopic (exact) mass is 370 g/mol. The second-order valence-corrected chi connectivity index (χ2v) is 6.26. The van der Waals surface area contributed by atoms with Gasteiger partial charge in [-0.15, -0.1) is 12.4 Å². The zero-order valence-corrected chi connectivity index (χ0v) is 16.4. The first-order chi connectivity index (χ1) is 11.7. The van der Waals surface area contributed by atoms with Crippen LogP contribution in [0.3, 0.4) is 0 Å². The summed E-state index contributed by atoms with van der Waals surface area (Å²) >= 11 is 0. The van der Waals surface area contributed by atoms with E-state index >= 15 is 0 Å². The first-order valence-corrected chi connectivity index (χ1v) is 9.04. The van der Waals surface area contributed by atoms with Gasteiger partial charge in [0.1, 0.15) is 0 Å². The molecular formula is C19H31ClN2O3. The molecule has 1 heterocycles. The van der Waals surface area contributed by atoms with Crippen molar-refractivity contribution in [3.63, 3.8) is 0 Å². The van der Waals surface area contributed by atoms with Gasteiger partial charge in [-0.1, -0.05) is 13.8 Å². The predicted octanol–water partition coefficient (Wildman–Crippen LogP) is 3.51. The lowest BCUT2D eigenvalue weighted by Gasteiger charge is -2.31. The quantitative estimate of drug-likeness (QED) is 0.760. The second-order valence-electron chi connectivity index (χ2n) is 6.26. The molecule has 0 atom stereocenters. The summed E-state index contributed by atoms with van der Waals surface area (Å²) in [6, 6.07) is 5.81. The minimum absolute atomic E-state index is 0. The van der Waals surface area contributed by atoms with Crippen LogP contribution in [0.15, 0.2) is 18.2 Å². The lowest BCUT2D eigenvalue weighted by Crippen LogP contribution is -2.43. The van der Waals surface area contributed by atoms with Gasteiger partial charge in [0.25, 0.3) is 5.91 Å². The summed E-state index contributed by atoms with van der Waals surface area (Å²) in [6.07, 6.45) is 3.85. The van der Waals surface area contributed by atoms with Crippen molar-refractivity contribution in [2.75, 3.05) is 33.4 Å². The summed E-state index contributed by atoms with van der Waals surface area (Å²) in [5.74, 6) is 1.42. The molecule has 1 saturated heterocycles. The van der Waals surface area contributed by atoms with Crippen molar-refractivity contribution in [2.45, 2.75) is 45.6 Å². The molecule has 0 aliphatic carbocycles. The Morgan fingerprint density at radius 2 is 1.72 bits per heavy atom. The van der Waals surface area contributed by atoms with Crippen molar-refractivity contribution >= 4 is 18.3 Å². The number of nitrogens with one attached hydrogen (secondary N) is 1. The molecule has 25 heavy (non-hydrogen) atoms. The highest BCUT2D eigenvalue weighted by atomic mass is 35.5. The van der Waals surface area contributed by atoms with E-state index in [9.17, 15) is 4.79 Å². The Balaban J connectivity index is 0.00000312. The number of amides is 1. The van der Waals surface area contributed by atoms with Crippen molar-refractivity contribution in [1.29, 1.82) is 0 Å². The Bertz CT molecular complexity index is 533. The number of nitrogens with zero attached hydrogens (tertiary/aromatic N) is 1. The van der Waals surface area contributed by atoms with E-state index in [1.807, 2.05) is 30.1 Å². The fraction of sp³-hybridized carbons (Fsp3) is 0.632. The molecule has 1 fully saturated rings. The van der Waals surface area contributed by atoms with Gasteiger partial charge in [0.2, 0.25) is 0 Å². The zero-order chi connectivity index (χ0) is 17.4. The van der Waals surface area contributed by atoms with Crippen LogP contribution >= 0.6 is 12.4 Å². The molecule has 0 radical (unpaired) electrons.